The van der Waals surface area contributed by atoms with Crippen molar-refractivity contribution in [3.63, 3.8) is 0 Å². The van der Waals surface area contributed by atoms with Crippen molar-refractivity contribution in [2.75, 3.05) is 32.7 Å². The first-order chi connectivity index (χ1) is 9.97. The van der Waals surface area contributed by atoms with Crippen LogP contribution in [-0.2, 0) is 6.54 Å². The quantitative estimate of drug-likeness (QED) is 0.819. The number of thiocarbonyl (C=S) groups is 1. The second-order valence-corrected chi connectivity index (χ2v) is 7.04. The van der Waals surface area contributed by atoms with Crippen LogP contribution in [0, 0.1) is 5.41 Å². The van der Waals surface area contributed by atoms with E-state index in [0.717, 1.165) is 45.7 Å². The smallest absolute Gasteiger partial charge is 0.0784 e. The Labute approximate surface area is 134 Å². The van der Waals surface area contributed by atoms with Crippen LogP contribution in [0.15, 0.2) is 30.3 Å². The summed E-state index contributed by atoms with van der Waals surface area (Å²) < 4.78 is 0. The van der Waals surface area contributed by atoms with Gasteiger partial charge in [0.2, 0.25) is 0 Å². The van der Waals surface area contributed by atoms with Gasteiger partial charge >= 0.3 is 0 Å². The standard InChI is InChI=1S/C17H27N3S/c1-17(2,16(18)21)8-9-19-10-12-20(13-11-19)14-15-6-4-3-5-7-15/h3-7H,8-14H2,1-2H3,(H2,18,21). The van der Waals surface area contributed by atoms with Crippen molar-refractivity contribution < 1.29 is 0 Å². The molecule has 0 radical (unpaired) electrons. The lowest BCUT2D eigenvalue weighted by Crippen LogP contribution is -2.47. The molecule has 4 heteroatoms. The minimum absolute atomic E-state index is 0.0312. The molecule has 3 nitrogen and oxygen atoms in total. The van der Waals surface area contributed by atoms with Gasteiger partial charge in [-0.15, -0.1) is 0 Å². The molecule has 0 aliphatic carbocycles. The van der Waals surface area contributed by atoms with E-state index in [1.165, 1.54) is 5.56 Å². The van der Waals surface area contributed by atoms with Crippen molar-refractivity contribution in [3.05, 3.63) is 35.9 Å². The fraction of sp³-hybridized carbons (Fsp3) is 0.588. The Kier molecular flexibility index (Phi) is 5.73. The monoisotopic (exact) mass is 305 g/mol. The van der Waals surface area contributed by atoms with E-state index in [1.54, 1.807) is 0 Å². The Hall–Kier alpha value is -0.970. The molecular formula is C17H27N3S. The zero-order valence-corrected chi connectivity index (χ0v) is 14.0. The molecule has 116 valence electrons. The Morgan fingerprint density at radius 3 is 2.24 bits per heavy atom. The first kappa shape index (κ1) is 16.4. The minimum atomic E-state index is -0.0312. The summed E-state index contributed by atoms with van der Waals surface area (Å²) >= 11 is 5.14. The maximum absolute atomic E-state index is 5.80. The molecule has 2 rings (SSSR count). The van der Waals surface area contributed by atoms with Crippen LogP contribution in [0.1, 0.15) is 25.8 Å². The van der Waals surface area contributed by atoms with Gasteiger partial charge < -0.3 is 10.6 Å². The number of piperazine rings is 1. The van der Waals surface area contributed by atoms with Crippen LogP contribution >= 0.6 is 12.2 Å². The van der Waals surface area contributed by atoms with Crippen molar-refractivity contribution in [2.45, 2.75) is 26.8 Å². The zero-order valence-electron chi connectivity index (χ0n) is 13.2. The van der Waals surface area contributed by atoms with Gasteiger partial charge in [-0.1, -0.05) is 56.4 Å². The molecule has 1 aliphatic rings. The van der Waals surface area contributed by atoms with Gasteiger partial charge in [-0.3, -0.25) is 4.90 Å². The Balaban J connectivity index is 1.72. The van der Waals surface area contributed by atoms with Crippen LogP contribution in [-0.4, -0.2) is 47.5 Å². The molecule has 0 bridgehead atoms. The minimum Gasteiger partial charge on any atom is -0.393 e. The van der Waals surface area contributed by atoms with E-state index in [1.807, 2.05) is 0 Å². The lowest BCUT2D eigenvalue weighted by Gasteiger charge is -2.36. The molecule has 1 heterocycles. The SMILES string of the molecule is CC(C)(CCN1CCN(Cc2ccccc2)CC1)C(N)=S. The molecule has 1 aliphatic heterocycles. The maximum Gasteiger partial charge on any atom is 0.0784 e. The third-order valence-electron chi connectivity index (χ3n) is 4.43. The van der Waals surface area contributed by atoms with Gasteiger partial charge in [0.15, 0.2) is 0 Å². The van der Waals surface area contributed by atoms with Crippen molar-refractivity contribution in [3.8, 4) is 0 Å². The van der Waals surface area contributed by atoms with E-state index in [-0.39, 0.29) is 5.41 Å². The molecule has 21 heavy (non-hydrogen) atoms. The highest BCUT2D eigenvalue weighted by atomic mass is 32.1. The molecule has 0 atom stereocenters. The highest BCUT2D eigenvalue weighted by molar-refractivity contribution is 7.80. The second-order valence-electron chi connectivity index (χ2n) is 6.60. The van der Waals surface area contributed by atoms with Crippen LogP contribution in [0.2, 0.25) is 0 Å². The topological polar surface area (TPSA) is 32.5 Å². The van der Waals surface area contributed by atoms with E-state index in [2.05, 4.69) is 54.0 Å². The van der Waals surface area contributed by atoms with Crippen molar-refractivity contribution in [2.24, 2.45) is 11.1 Å². The lowest BCUT2D eigenvalue weighted by atomic mass is 9.89. The maximum atomic E-state index is 5.80. The van der Waals surface area contributed by atoms with Crippen LogP contribution < -0.4 is 5.73 Å². The normalized spacial score (nSPS) is 17.8. The number of hydrogen-bond acceptors (Lipinski definition) is 3. The summed E-state index contributed by atoms with van der Waals surface area (Å²) in [5.41, 5.74) is 7.17. The van der Waals surface area contributed by atoms with Crippen LogP contribution in [0.4, 0.5) is 0 Å². The number of nitrogens with two attached hydrogens (primary N) is 1. The third kappa shape index (κ3) is 5.06. The molecule has 1 aromatic rings. The number of benzene rings is 1. The predicted molar refractivity (Wildman–Crippen MR) is 93.3 cm³/mol. The largest absolute Gasteiger partial charge is 0.393 e. The van der Waals surface area contributed by atoms with Crippen molar-refractivity contribution >= 4 is 17.2 Å². The summed E-state index contributed by atoms with van der Waals surface area (Å²) in [5.74, 6) is 0. The molecule has 1 aromatic carbocycles. The molecule has 0 aromatic heterocycles. The summed E-state index contributed by atoms with van der Waals surface area (Å²) in [6, 6.07) is 10.7. The van der Waals surface area contributed by atoms with Crippen LogP contribution in [0.25, 0.3) is 0 Å². The fourth-order valence-corrected chi connectivity index (χ4v) is 2.68. The lowest BCUT2D eigenvalue weighted by molar-refractivity contribution is 0.120. The van der Waals surface area contributed by atoms with E-state index >= 15 is 0 Å². The molecule has 1 saturated heterocycles. The van der Waals surface area contributed by atoms with E-state index in [0.29, 0.717) is 4.99 Å². The van der Waals surface area contributed by atoms with Crippen LogP contribution in [0.3, 0.4) is 0 Å². The highest BCUT2D eigenvalue weighted by Crippen LogP contribution is 2.21. The first-order valence-electron chi connectivity index (χ1n) is 7.76. The molecular weight excluding hydrogens is 278 g/mol. The Morgan fingerprint density at radius 2 is 1.67 bits per heavy atom. The number of rotatable bonds is 6. The summed E-state index contributed by atoms with van der Waals surface area (Å²) in [6.45, 7) is 11.0. The average molecular weight is 305 g/mol. The van der Waals surface area contributed by atoms with Gasteiger partial charge in [0.1, 0.15) is 0 Å². The van der Waals surface area contributed by atoms with Crippen molar-refractivity contribution in [1.82, 2.24) is 9.80 Å². The van der Waals surface area contributed by atoms with Gasteiger partial charge in [-0.05, 0) is 18.5 Å². The van der Waals surface area contributed by atoms with Gasteiger partial charge in [0, 0.05) is 38.1 Å². The first-order valence-corrected chi connectivity index (χ1v) is 8.17. The van der Waals surface area contributed by atoms with Gasteiger partial charge in [0.25, 0.3) is 0 Å². The zero-order chi connectivity index (χ0) is 15.3. The summed E-state index contributed by atoms with van der Waals surface area (Å²) in [7, 11) is 0. The van der Waals surface area contributed by atoms with E-state index in [9.17, 15) is 0 Å². The average Bonchev–Trinajstić information content (AvgIpc) is 2.47. The molecule has 0 spiro atoms. The summed E-state index contributed by atoms with van der Waals surface area (Å²) in [5, 5.41) is 0. The Morgan fingerprint density at radius 1 is 1.10 bits per heavy atom. The molecule has 1 fully saturated rings. The second kappa shape index (κ2) is 7.34. The molecule has 0 saturated carbocycles. The summed E-state index contributed by atoms with van der Waals surface area (Å²) in [6.07, 6.45) is 1.04. The van der Waals surface area contributed by atoms with E-state index in [4.69, 9.17) is 18.0 Å². The van der Waals surface area contributed by atoms with E-state index < -0.39 is 0 Å². The summed E-state index contributed by atoms with van der Waals surface area (Å²) in [4.78, 5) is 5.69. The van der Waals surface area contributed by atoms with Crippen molar-refractivity contribution in [1.29, 1.82) is 0 Å². The highest BCUT2D eigenvalue weighted by Gasteiger charge is 2.24. The third-order valence-corrected chi connectivity index (χ3v) is 4.99. The fourth-order valence-electron chi connectivity index (χ4n) is 2.57. The van der Waals surface area contributed by atoms with Gasteiger partial charge in [0.05, 0.1) is 4.99 Å². The molecule has 0 amide bonds. The number of nitrogens with zero attached hydrogens (tertiary/aromatic N) is 2. The van der Waals surface area contributed by atoms with Gasteiger partial charge in [-0.25, -0.2) is 0 Å². The molecule has 0 unspecified atom stereocenters. The van der Waals surface area contributed by atoms with Crippen LogP contribution in [0.5, 0.6) is 0 Å². The number of hydrogen-bond donors (Lipinski definition) is 1. The molecule has 2 N–H and O–H groups in total. The van der Waals surface area contributed by atoms with Gasteiger partial charge in [-0.2, -0.15) is 0 Å². The Bertz CT molecular complexity index is 450. The predicted octanol–water partition coefficient (Wildman–Crippen LogP) is 2.51.